The Morgan fingerprint density at radius 2 is 2.11 bits per heavy atom. The Morgan fingerprint density at radius 3 is 2.68 bits per heavy atom. The van der Waals surface area contributed by atoms with Gasteiger partial charge in [0, 0.05) is 18.5 Å². The molecular weight excluding hydrogens is 234 g/mol. The average Bonchev–Trinajstić information content (AvgIpc) is 3.19. The normalized spacial score (nSPS) is 16.5. The number of rotatable bonds is 4. The third-order valence-corrected chi connectivity index (χ3v) is 3.89. The molecule has 2 N–H and O–H groups in total. The van der Waals surface area contributed by atoms with Crippen LogP contribution in [-0.2, 0) is 5.41 Å². The molecule has 0 bridgehead atoms. The number of aliphatic imine (C=N–C) groups is 1. The molecule has 0 amide bonds. The first-order valence-corrected chi connectivity index (χ1v) is 7.00. The Bertz CT molecular complexity index is 473. The maximum Gasteiger partial charge on any atom is 0.191 e. The molecule has 0 unspecified atom stereocenters. The second-order valence-corrected chi connectivity index (χ2v) is 6.27. The van der Waals surface area contributed by atoms with Crippen LogP contribution in [0.25, 0.3) is 0 Å². The SMILES string of the molecule is Cc1cccc(C(C)(C)CN=C(N)N(C)C2CC2)c1. The van der Waals surface area contributed by atoms with E-state index in [9.17, 15) is 0 Å². The third kappa shape index (κ3) is 3.49. The lowest BCUT2D eigenvalue weighted by atomic mass is 9.84. The summed E-state index contributed by atoms with van der Waals surface area (Å²) < 4.78 is 0. The smallest absolute Gasteiger partial charge is 0.191 e. The molecule has 104 valence electrons. The summed E-state index contributed by atoms with van der Waals surface area (Å²) in [7, 11) is 2.04. The van der Waals surface area contributed by atoms with Crippen molar-refractivity contribution in [2.24, 2.45) is 10.7 Å². The van der Waals surface area contributed by atoms with Crippen LogP contribution in [0.3, 0.4) is 0 Å². The number of hydrogen-bond acceptors (Lipinski definition) is 1. The van der Waals surface area contributed by atoms with Crippen molar-refractivity contribution < 1.29 is 0 Å². The van der Waals surface area contributed by atoms with E-state index in [4.69, 9.17) is 5.73 Å². The van der Waals surface area contributed by atoms with E-state index in [0.29, 0.717) is 12.0 Å². The number of nitrogens with zero attached hydrogens (tertiary/aromatic N) is 2. The number of nitrogens with two attached hydrogens (primary N) is 1. The zero-order chi connectivity index (χ0) is 14.0. The highest BCUT2D eigenvalue weighted by Gasteiger charge is 2.28. The molecule has 1 fully saturated rings. The maximum absolute atomic E-state index is 6.05. The van der Waals surface area contributed by atoms with Crippen LogP contribution in [0.4, 0.5) is 0 Å². The third-order valence-electron chi connectivity index (χ3n) is 3.89. The monoisotopic (exact) mass is 259 g/mol. The average molecular weight is 259 g/mol. The van der Waals surface area contributed by atoms with Crippen LogP contribution in [0, 0.1) is 6.92 Å². The summed E-state index contributed by atoms with van der Waals surface area (Å²) >= 11 is 0. The molecule has 0 atom stereocenters. The largest absolute Gasteiger partial charge is 0.370 e. The molecule has 2 rings (SSSR count). The fraction of sp³-hybridized carbons (Fsp3) is 0.562. The van der Waals surface area contributed by atoms with E-state index in [1.165, 1.54) is 24.0 Å². The van der Waals surface area contributed by atoms with Crippen molar-refractivity contribution in [2.75, 3.05) is 13.6 Å². The van der Waals surface area contributed by atoms with Gasteiger partial charge in [-0.15, -0.1) is 0 Å². The fourth-order valence-corrected chi connectivity index (χ4v) is 2.20. The molecule has 1 aromatic rings. The molecule has 0 radical (unpaired) electrons. The van der Waals surface area contributed by atoms with E-state index in [1.807, 2.05) is 7.05 Å². The maximum atomic E-state index is 6.05. The molecule has 19 heavy (non-hydrogen) atoms. The molecule has 0 aromatic heterocycles. The van der Waals surface area contributed by atoms with Gasteiger partial charge in [0.05, 0.1) is 6.54 Å². The number of hydrogen-bond donors (Lipinski definition) is 1. The van der Waals surface area contributed by atoms with Crippen LogP contribution >= 0.6 is 0 Å². The first-order chi connectivity index (χ1) is 8.90. The Hall–Kier alpha value is -1.51. The van der Waals surface area contributed by atoms with Crippen LogP contribution in [0.1, 0.15) is 37.8 Å². The summed E-state index contributed by atoms with van der Waals surface area (Å²) in [6.07, 6.45) is 2.49. The standard InChI is InChI=1S/C16H25N3/c1-12-6-5-7-13(10-12)16(2,3)11-18-15(17)19(4)14-8-9-14/h5-7,10,14H,8-9,11H2,1-4H3,(H2,17,18). The van der Waals surface area contributed by atoms with E-state index >= 15 is 0 Å². The van der Waals surface area contributed by atoms with Crippen LogP contribution in [0.2, 0.25) is 0 Å². The lowest BCUT2D eigenvalue weighted by Gasteiger charge is -2.25. The van der Waals surface area contributed by atoms with Gasteiger partial charge in [0.1, 0.15) is 0 Å². The summed E-state index contributed by atoms with van der Waals surface area (Å²) in [6, 6.07) is 9.25. The highest BCUT2D eigenvalue weighted by molar-refractivity contribution is 5.78. The van der Waals surface area contributed by atoms with Crippen molar-refractivity contribution >= 4 is 5.96 Å². The van der Waals surface area contributed by atoms with Crippen molar-refractivity contribution in [2.45, 2.75) is 45.1 Å². The first-order valence-electron chi connectivity index (χ1n) is 7.00. The molecule has 0 saturated heterocycles. The van der Waals surface area contributed by atoms with Crippen molar-refractivity contribution in [3.05, 3.63) is 35.4 Å². The summed E-state index contributed by atoms with van der Waals surface area (Å²) in [5, 5.41) is 0. The zero-order valence-electron chi connectivity index (χ0n) is 12.5. The van der Waals surface area contributed by atoms with Gasteiger partial charge in [0.15, 0.2) is 5.96 Å². The van der Waals surface area contributed by atoms with Crippen molar-refractivity contribution in [3.8, 4) is 0 Å². The Balaban J connectivity index is 2.06. The lowest BCUT2D eigenvalue weighted by Crippen LogP contribution is -2.37. The van der Waals surface area contributed by atoms with Crippen molar-refractivity contribution in [3.63, 3.8) is 0 Å². The molecule has 0 aliphatic heterocycles. The molecule has 1 aliphatic carbocycles. The Morgan fingerprint density at radius 1 is 1.42 bits per heavy atom. The second-order valence-electron chi connectivity index (χ2n) is 6.27. The predicted molar refractivity (Wildman–Crippen MR) is 81.5 cm³/mol. The highest BCUT2D eigenvalue weighted by Crippen LogP contribution is 2.26. The van der Waals surface area contributed by atoms with E-state index in [2.05, 4.69) is 54.9 Å². The molecule has 0 spiro atoms. The number of benzene rings is 1. The van der Waals surface area contributed by atoms with Gasteiger partial charge in [-0.2, -0.15) is 0 Å². The summed E-state index contributed by atoms with van der Waals surface area (Å²) in [5.74, 6) is 0.670. The molecule has 3 heteroatoms. The Labute approximate surface area is 116 Å². The number of aryl methyl sites for hydroxylation is 1. The number of guanidine groups is 1. The molecule has 3 nitrogen and oxygen atoms in total. The van der Waals surface area contributed by atoms with Gasteiger partial charge in [0.25, 0.3) is 0 Å². The predicted octanol–water partition coefficient (Wildman–Crippen LogP) is 2.68. The minimum absolute atomic E-state index is 0.0149. The quantitative estimate of drug-likeness (QED) is 0.667. The second kappa shape index (κ2) is 5.24. The van der Waals surface area contributed by atoms with E-state index < -0.39 is 0 Å². The fourth-order valence-electron chi connectivity index (χ4n) is 2.20. The summed E-state index contributed by atoms with van der Waals surface area (Å²) in [5.41, 5.74) is 8.67. The van der Waals surface area contributed by atoms with Crippen LogP contribution in [0.15, 0.2) is 29.3 Å². The molecule has 1 aliphatic rings. The lowest BCUT2D eigenvalue weighted by molar-refractivity contribution is 0.476. The zero-order valence-corrected chi connectivity index (χ0v) is 12.5. The van der Waals surface area contributed by atoms with Gasteiger partial charge in [-0.1, -0.05) is 43.7 Å². The van der Waals surface area contributed by atoms with E-state index in [0.717, 1.165) is 6.54 Å². The van der Waals surface area contributed by atoms with Crippen LogP contribution in [0.5, 0.6) is 0 Å². The van der Waals surface area contributed by atoms with Crippen LogP contribution < -0.4 is 5.73 Å². The molecular formula is C16H25N3. The van der Waals surface area contributed by atoms with Gasteiger partial charge in [0.2, 0.25) is 0 Å². The van der Waals surface area contributed by atoms with E-state index in [1.54, 1.807) is 0 Å². The van der Waals surface area contributed by atoms with Crippen LogP contribution in [-0.4, -0.2) is 30.5 Å². The van der Waals surface area contributed by atoms with E-state index in [-0.39, 0.29) is 5.41 Å². The summed E-state index contributed by atoms with van der Waals surface area (Å²) in [6.45, 7) is 7.28. The molecule has 1 aromatic carbocycles. The topological polar surface area (TPSA) is 41.6 Å². The van der Waals surface area contributed by atoms with Gasteiger partial charge < -0.3 is 10.6 Å². The highest BCUT2D eigenvalue weighted by atomic mass is 15.3. The van der Waals surface area contributed by atoms with Gasteiger partial charge in [-0.3, -0.25) is 4.99 Å². The summed E-state index contributed by atoms with van der Waals surface area (Å²) in [4.78, 5) is 6.69. The Kier molecular flexibility index (Phi) is 3.83. The van der Waals surface area contributed by atoms with Gasteiger partial charge >= 0.3 is 0 Å². The van der Waals surface area contributed by atoms with Gasteiger partial charge in [-0.25, -0.2) is 0 Å². The minimum atomic E-state index is 0.0149. The minimum Gasteiger partial charge on any atom is -0.370 e. The van der Waals surface area contributed by atoms with Crippen molar-refractivity contribution in [1.29, 1.82) is 0 Å². The molecule has 0 heterocycles. The van der Waals surface area contributed by atoms with Crippen molar-refractivity contribution in [1.82, 2.24) is 4.90 Å². The van der Waals surface area contributed by atoms with Gasteiger partial charge in [-0.05, 0) is 25.3 Å². The first kappa shape index (κ1) is 13.9. The molecule has 1 saturated carbocycles.